The summed E-state index contributed by atoms with van der Waals surface area (Å²) < 4.78 is 0. The maximum absolute atomic E-state index is 15.1. The van der Waals surface area contributed by atoms with Crippen LogP contribution in [0.25, 0.3) is 9.75 Å². The number of guanidine groups is 1. The van der Waals surface area contributed by atoms with Gasteiger partial charge in [0.15, 0.2) is 11.7 Å². The lowest BCUT2D eigenvalue weighted by molar-refractivity contribution is 0.0134. The number of rotatable bonds is 6. The Labute approximate surface area is 355 Å². The fourth-order valence-electron chi connectivity index (χ4n) is 10.8. The number of nitrogens with two attached hydrogens (primary N) is 1. The summed E-state index contributed by atoms with van der Waals surface area (Å²) in [5, 5.41) is 52.2. The summed E-state index contributed by atoms with van der Waals surface area (Å²) in [5.41, 5.74) is 9.16. The minimum atomic E-state index is -1.10. The number of nitrogens with one attached hydrogen (secondary N) is 2. The molecule has 9 nitrogen and oxygen atoms in total. The van der Waals surface area contributed by atoms with Crippen LogP contribution in [0, 0.1) is 58.7 Å². The fourth-order valence-corrected chi connectivity index (χ4v) is 12.8. The third kappa shape index (κ3) is 8.55. The molecule has 2 aromatic heterocycles. The molecule has 3 heterocycles. The number of carbonyl (C=O) groups excluding carboxylic acids is 1. The van der Waals surface area contributed by atoms with Gasteiger partial charge in [-0.3, -0.25) is 9.79 Å². The summed E-state index contributed by atoms with van der Waals surface area (Å²) in [6.07, 6.45) is 3.90. The average molecular weight is 831 g/mol. The van der Waals surface area contributed by atoms with E-state index in [9.17, 15) is 20.4 Å². The topological polar surface area (TPSA) is 160 Å². The predicted octanol–water partition coefficient (Wildman–Crippen LogP) is 6.61. The van der Waals surface area contributed by atoms with E-state index in [0.717, 1.165) is 48.2 Å². The smallest absolute Gasteiger partial charge is 0.188 e. The predicted molar refractivity (Wildman–Crippen MR) is 237 cm³/mol. The van der Waals surface area contributed by atoms with Crippen LogP contribution in [0.5, 0.6) is 5.75 Å². The zero-order chi connectivity index (χ0) is 41.5. The zero-order valence-electron chi connectivity index (χ0n) is 33.9. The van der Waals surface area contributed by atoms with Crippen LogP contribution in [0.4, 0.5) is 5.69 Å². The molecule has 0 saturated heterocycles. The Morgan fingerprint density at radius 2 is 1.86 bits per heavy atom. The summed E-state index contributed by atoms with van der Waals surface area (Å²) in [4.78, 5) is 23.2. The number of thiophene rings is 2. The molecule has 4 aliphatic rings. The molecular weight excluding hydrogens is 777 g/mol. The molecule has 308 valence electrons. The van der Waals surface area contributed by atoms with Crippen molar-refractivity contribution in [1.29, 1.82) is 0 Å². The molecule has 8 N–H and O–H groups in total. The van der Waals surface area contributed by atoms with Gasteiger partial charge in [0.2, 0.25) is 0 Å². The molecule has 59 heavy (non-hydrogen) atoms. The Morgan fingerprint density at radius 3 is 2.66 bits per heavy atom. The molecule has 0 unspecified atom stereocenters. The number of phenolic OH excluding ortho intramolecular Hbond substituents is 1. The van der Waals surface area contributed by atoms with E-state index in [0.29, 0.717) is 56.6 Å². The van der Waals surface area contributed by atoms with Gasteiger partial charge in [-0.2, -0.15) is 0 Å². The van der Waals surface area contributed by atoms with E-state index >= 15 is 4.79 Å². The number of anilines is 1. The first-order valence-electron chi connectivity index (χ1n) is 20.7. The summed E-state index contributed by atoms with van der Waals surface area (Å²) in [6, 6.07) is 19.7. The normalized spacial score (nSPS) is 29.4. The maximum atomic E-state index is 15.1. The van der Waals surface area contributed by atoms with E-state index in [1.54, 1.807) is 30.5 Å². The largest absolute Gasteiger partial charge is 0.508 e. The fraction of sp³-hybridized carbons (Fsp3) is 0.458. The molecule has 0 amide bonds. The van der Waals surface area contributed by atoms with Crippen molar-refractivity contribution in [3.63, 3.8) is 0 Å². The Hall–Kier alpha value is -4.62. The number of nitrogens with zero attached hydrogens (tertiary/aromatic N) is 1. The number of hydrogen-bond acceptors (Lipinski definition) is 9. The van der Waals surface area contributed by atoms with Crippen molar-refractivity contribution >= 4 is 40.1 Å². The van der Waals surface area contributed by atoms with Gasteiger partial charge in [0, 0.05) is 53.7 Å². The Morgan fingerprint density at radius 1 is 1.07 bits per heavy atom. The van der Waals surface area contributed by atoms with E-state index in [-0.39, 0.29) is 60.3 Å². The third-order valence-electron chi connectivity index (χ3n) is 13.4. The SMILES string of the molecule is CC#Cc1ccc(-c2ccc(C(=O)[C@@H]3CC[C@H]4C[C@@]35C[C@@H]([C@H](O)CO)[C@@H](C5)[C@@H]3C#Cc5c(cc(O)cc5NC[C@@](C)(O)Cc5cccc(c5)C3)C[C@@H]4NC(N)=NC)s2)s1. The lowest BCUT2D eigenvalue weighted by atomic mass is 9.58. The van der Waals surface area contributed by atoms with Crippen molar-refractivity contribution in [2.24, 2.45) is 45.7 Å². The van der Waals surface area contributed by atoms with Gasteiger partial charge in [-0.15, -0.1) is 28.6 Å². The van der Waals surface area contributed by atoms with Gasteiger partial charge in [0.1, 0.15) is 5.75 Å². The summed E-state index contributed by atoms with van der Waals surface area (Å²) in [5.74, 6) is 13.1. The second-order valence-electron chi connectivity index (χ2n) is 17.5. The summed E-state index contributed by atoms with van der Waals surface area (Å²) in [7, 11) is 1.65. The highest BCUT2D eigenvalue weighted by atomic mass is 32.1. The van der Waals surface area contributed by atoms with Crippen molar-refractivity contribution in [3.05, 3.63) is 92.7 Å². The molecule has 11 heteroatoms. The molecule has 7 bridgehead atoms. The molecular formula is C48H54N4O5S2. The van der Waals surface area contributed by atoms with Crippen molar-refractivity contribution in [1.82, 2.24) is 5.32 Å². The number of aromatic hydroxyl groups is 1. The lowest BCUT2D eigenvalue weighted by Gasteiger charge is -2.47. The van der Waals surface area contributed by atoms with Crippen molar-refractivity contribution in [3.8, 4) is 39.2 Å². The number of aliphatic hydroxyl groups excluding tert-OH is 2. The number of aliphatic imine (C=N–C) groups is 1. The quantitative estimate of drug-likeness (QED) is 0.0495. The maximum Gasteiger partial charge on any atom is 0.188 e. The van der Waals surface area contributed by atoms with E-state index in [4.69, 9.17) is 5.73 Å². The number of carbonyl (C=O) groups is 1. The zero-order valence-corrected chi connectivity index (χ0v) is 35.6. The highest BCUT2D eigenvalue weighted by Crippen LogP contribution is 2.61. The number of Topliss-reactive ketones (excluding diaryl/α,β-unsaturated/α-hetero) is 1. The molecule has 9 atom stereocenters. The minimum Gasteiger partial charge on any atom is -0.508 e. The first kappa shape index (κ1) is 41.1. The summed E-state index contributed by atoms with van der Waals surface area (Å²) in [6.45, 7) is 3.50. The van der Waals surface area contributed by atoms with Gasteiger partial charge in [0.25, 0.3) is 0 Å². The molecule has 3 aliphatic carbocycles. The van der Waals surface area contributed by atoms with E-state index in [2.05, 4.69) is 57.5 Å². The molecule has 2 saturated carbocycles. The molecule has 8 rings (SSSR count). The average Bonchev–Trinajstić information content (AvgIpc) is 3.98. The van der Waals surface area contributed by atoms with Gasteiger partial charge in [-0.1, -0.05) is 42.0 Å². The van der Waals surface area contributed by atoms with Crippen LogP contribution in [0.1, 0.15) is 82.8 Å². The van der Waals surface area contributed by atoms with Crippen LogP contribution in [0.2, 0.25) is 0 Å². The van der Waals surface area contributed by atoms with E-state index < -0.39 is 17.1 Å². The van der Waals surface area contributed by atoms with Crippen LogP contribution in [-0.4, -0.2) is 70.1 Å². The van der Waals surface area contributed by atoms with Crippen molar-refractivity contribution < 1.29 is 25.2 Å². The summed E-state index contributed by atoms with van der Waals surface area (Å²) >= 11 is 3.17. The Bertz CT molecular complexity index is 2380. The van der Waals surface area contributed by atoms with Crippen LogP contribution >= 0.6 is 22.7 Å². The van der Waals surface area contributed by atoms with E-state index in [1.165, 1.54) is 11.3 Å². The number of benzene rings is 2. The monoisotopic (exact) mass is 830 g/mol. The highest BCUT2D eigenvalue weighted by Gasteiger charge is 2.57. The molecule has 2 aromatic carbocycles. The Balaban J connectivity index is 1.28. The number of hydrogen-bond donors (Lipinski definition) is 7. The minimum absolute atomic E-state index is 0.0603. The number of aliphatic hydroxyl groups is 3. The van der Waals surface area contributed by atoms with Gasteiger partial charge in [-0.05, 0) is 129 Å². The van der Waals surface area contributed by atoms with Gasteiger partial charge < -0.3 is 36.8 Å². The standard InChI is InChI=1S/C48H54N4O5S2/c1-4-6-34-11-14-42(58-34)43-15-16-44(59-43)45(56)38-13-10-31-23-48(38)24-36(37(25-48)41(55)26-53)30-9-12-35-32(20-39(31)52-46(49)50-3)19-33(54)21-40(35)51-27-47(2,57)22-29-8-5-7-28(17-29)18-30/h5,7-8,11,14-17,19,21,30-31,36-39,41,51,53-55,57H,10,13,18,20,22-27H2,1-3H3,(H3,49,50,52)/t30-,31+,36+,37-,38+,39+,41-,47+,48-/m1/s1. The second kappa shape index (κ2) is 16.8. The number of phenols is 1. The third-order valence-corrected chi connectivity index (χ3v) is 15.7. The first-order chi connectivity index (χ1) is 28.4. The molecule has 4 aromatic rings. The van der Waals surface area contributed by atoms with Crippen molar-refractivity contribution in [2.45, 2.75) is 83.0 Å². The molecule has 1 aliphatic heterocycles. The molecule has 0 radical (unpaired) electrons. The highest BCUT2D eigenvalue weighted by molar-refractivity contribution is 7.23. The van der Waals surface area contributed by atoms with Gasteiger partial charge in [-0.25, -0.2) is 0 Å². The van der Waals surface area contributed by atoms with Crippen molar-refractivity contribution in [2.75, 3.05) is 25.5 Å². The van der Waals surface area contributed by atoms with Crippen LogP contribution in [0.3, 0.4) is 0 Å². The van der Waals surface area contributed by atoms with E-state index in [1.807, 2.05) is 44.2 Å². The molecule has 2 fully saturated rings. The number of fused-ring (bicyclic) bond motifs is 6. The van der Waals surface area contributed by atoms with Gasteiger partial charge >= 0.3 is 0 Å². The van der Waals surface area contributed by atoms with Crippen LogP contribution < -0.4 is 16.4 Å². The first-order valence-corrected chi connectivity index (χ1v) is 22.4. The van der Waals surface area contributed by atoms with Crippen LogP contribution in [-0.2, 0) is 19.3 Å². The van der Waals surface area contributed by atoms with Gasteiger partial charge in [0.05, 0.1) is 39.3 Å². The number of ketones is 1. The lowest BCUT2D eigenvalue weighted by Crippen LogP contribution is -2.50. The van der Waals surface area contributed by atoms with Crippen LogP contribution in [0.15, 0.2) is 65.7 Å². The Kier molecular flexibility index (Phi) is 11.7. The second-order valence-corrected chi connectivity index (χ2v) is 19.7. The number of β-amino-alcohol motifs (C(OH)–C–C–N with tert-alkyl or cyclic N) is 1. The molecule has 1 spiro atoms.